The topological polar surface area (TPSA) is 69.7 Å². The molecule has 3 rings (SSSR count). The van der Waals surface area contributed by atoms with Gasteiger partial charge in [-0.15, -0.1) is 0 Å². The van der Waals surface area contributed by atoms with Crippen LogP contribution in [0.15, 0.2) is 48.5 Å². The summed E-state index contributed by atoms with van der Waals surface area (Å²) < 4.78 is 0. The van der Waals surface area contributed by atoms with Gasteiger partial charge in [0, 0.05) is 38.4 Å². The van der Waals surface area contributed by atoms with Crippen molar-refractivity contribution in [3.63, 3.8) is 0 Å². The van der Waals surface area contributed by atoms with Gasteiger partial charge in [-0.2, -0.15) is 0 Å². The highest BCUT2D eigenvalue weighted by atomic mass is 16.2. The summed E-state index contributed by atoms with van der Waals surface area (Å²) in [6, 6.07) is 14.1. The molecule has 0 saturated heterocycles. The highest BCUT2D eigenvalue weighted by Crippen LogP contribution is 2.22. The zero-order valence-corrected chi connectivity index (χ0v) is 14.2. The van der Waals surface area contributed by atoms with Crippen molar-refractivity contribution in [3.05, 3.63) is 59.7 Å². The van der Waals surface area contributed by atoms with Gasteiger partial charge in [-0.3, -0.25) is 19.3 Å². The molecule has 2 aromatic carbocycles. The van der Waals surface area contributed by atoms with Crippen molar-refractivity contribution < 1.29 is 14.4 Å². The van der Waals surface area contributed by atoms with Crippen LogP contribution >= 0.6 is 0 Å². The predicted octanol–water partition coefficient (Wildman–Crippen LogP) is 2.38. The van der Waals surface area contributed by atoms with E-state index in [1.54, 1.807) is 24.3 Å². The van der Waals surface area contributed by atoms with Crippen LogP contribution in [0.2, 0.25) is 0 Å². The summed E-state index contributed by atoms with van der Waals surface area (Å²) in [7, 11) is 3.88. The number of imide groups is 1. The molecule has 1 N–H and O–H groups in total. The molecule has 0 saturated carbocycles. The summed E-state index contributed by atoms with van der Waals surface area (Å²) in [4.78, 5) is 39.7. The number of carbonyl (C=O) groups is 3. The number of carbonyl (C=O) groups excluding carboxylic acids is 3. The van der Waals surface area contributed by atoms with Crippen LogP contribution in [0.5, 0.6) is 0 Å². The fraction of sp³-hybridized carbons (Fsp3) is 0.211. The Morgan fingerprint density at radius 3 is 2.04 bits per heavy atom. The Labute approximate surface area is 146 Å². The maximum absolute atomic E-state index is 12.2. The lowest BCUT2D eigenvalue weighted by molar-refractivity contribution is -0.116. The largest absolute Gasteiger partial charge is 0.378 e. The third kappa shape index (κ3) is 3.38. The first-order valence-electron chi connectivity index (χ1n) is 8.00. The highest BCUT2D eigenvalue weighted by Gasteiger charge is 2.34. The lowest BCUT2D eigenvalue weighted by Gasteiger charge is -2.14. The third-order valence-electron chi connectivity index (χ3n) is 4.11. The second kappa shape index (κ2) is 6.76. The zero-order valence-electron chi connectivity index (χ0n) is 14.2. The SMILES string of the molecule is CN(C)c1ccc(NC(=O)CCN2C(=O)c3ccccc3C2=O)cc1. The quantitative estimate of drug-likeness (QED) is 0.851. The van der Waals surface area contributed by atoms with Gasteiger partial charge < -0.3 is 10.2 Å². The maximum atomic E-state index is 12.2. The second-order valence-electron chi connectivity index (χ2n) is 6.05. The van der Waals surface area contributed by atoms with E-state index in [0.717, 1.165) is 10.6 Å². The summed E-state index contributed by atoms with van der Waals surface area (Å²) in [5.41, 5.74) is 2.50. The number of fused-ring (bicyclic) bond motifs is 1. The van der Waals surface area contributed by atoms with Crippen LogP contribution in [0.4, 0.5) is 11.4 Å². The number of anilines is 2. The van der Waals surface area contributed by atoms with Crippen molar-refractivity contribution in [2.75, 3.05) is 30.9 Å². The molecule has 0 radical (unpaired) electrons. The Kier molecular flexibility index (Phi) is 4.52. The molecular weight excluding hydrogens is 318 g/mol. The number of nitrogens with one attached hydrogen (secondary N) is 1. The molecule has 0 atom stereocenters. The van der Waals surface area contributed by atoms with Gasteiger partial charge in [-0.1, -0.05) is 12.1 Å². The number of nitrogens with zero attached hydrogens (tertiary/aromatic N) is 2. The molecule has 0 bridgehead atoms. The second-order valence-corrected chi connectivity index (χ2v) is 6.05. The van der Waals surface area contributed by atoms with Crippen molar-refractivity contribution in [1.29, 1.82) is 0 Å². The monoisotopic (exact) mass is 337 g/mol. The van der Waals surface area contributed by atoms with Crippen molar-refractivity contribution in [1.82, 2.24) is 4.90 Å². The lowest BCUT2D eigenvalue weighted by Crippen LogP contribution is -2.32. The molecule has 0 fully saturated rings. The van der Waals surface area contributed by atoms with Crippen molar-refractivity contribution >= 4 is 29.1 Å². The van der Waals surface area contributed by atoms with Gasteiger partial charge in [-0.25, -0.2) is 0 Å². The molecule has 128 valence electrons. The fourth-order valence-electron chi connectivity index (χ4n) is 2.72. The summed E-state index contributed by atoms with van der Waals surface area (Å²) in [5, 5.41) is 2.78. The Morgan fingerprint density at radius 2 is 1.52 bits per heavy atom. The summed E-state index contributed by atoms with van der Waals surface area (Å²) >= 11 is 0. The molecule has 6 nitrogen and oxygen atoms in total. The van der Waals surface area contributed by atoms with Gasteiger partial charge >= 0.3 is 0 Å². The van der Waals surface area contributed by atoms with Crippen LogP contribution in [0.25, 0.3) is 0 Å². The first kappa shape index (κ1) is 16.7. The van der Waals surface area contributed by atoms with E-state index in [9.17, 15) is 14.4 Å². The third-order valence-corrected chi connectivity index (χ3v) is 4.11. The van der Waals surface area contributed by atoms with E-state index >= 15 is 0 Å². The van der Waals surface area contributed by atoms with Crippen LogP contribution in [0.3, 0.4) is 0 Å². The maximum Gasteiger partial charge on any atom is 0.261 e. The molecule has 1 aliphatic rings. The first-order valence-corrected chi connectivity index (χ1v) is 8.00. The number of benzene rings is 2. The molecule has 0 unspecified atom stereocenters. The van der Waals surface area contributed by atoms with E-state index in [2.05, 4.69) is 5.32 Å². The van der Waals surface area contributed by atoms with Crippen LogP contribution in [0.1, 0.15) is 27.1 Å². The highest BCUT2D eigenvalue weighted by molar-refractivity contribution is 6.21. The van der Waals surface area contributed by atoms with Crippen LogP contribution < -0.4 is 10.2 Å². The smallest absolute Gasteiger partial charge is 0.261 e. The van der Waals surface area contributed by atoms with E-state index < -0.39 is 0 Å². The molecule has 1 aliphatic heterocycles. The predicted molar refractivity (Wildman–Crippen MR) is 95.8 cm³/mol. The van der Waals surface area contributed by atoms with E-state index in [-0.39, 0.29) is 30.7 Å². The Bertz CT molecular complexity index is 793. The number of amides is 3. The number of rotatable bonds is 5. The number of hydrogen-bond donors (Lipinski definition) is 1. The van der Waals surface area contributed by atoms with E-state index in [4.69, 9.17) is 0 Å². The molecule has 1 heterocycles. The van der Waals surface area contributed by atoms with Gasteiger partial charge in [0.1, 0.15) is 0 Å². The average Bonchev–Trinajstić information content (AvgIpc) is 2.85. The van der Waals surface area contributed by atoms with Crippen LogP contribution in [-0.2, 0) is 4.79 Å². The molecule has 3 amide bonds. The summed E-state index contributed by atoms with van der Waals surface area (Å²) in [5.74, 6) is -0.929. The zero-order chi connectivity index (χ0) is 18.0. The molecule has 2 aromatic rings. The average molecular weight is 337 g/mol. The fourth-order valence-corrected chi connectivity index (χ4v) is 2.72. The molecule has 25 heavy (non-hydrogen) atoms. The Balaban J connectivity index is 1.58. The molecule has 6 heteroatoms. The minimum atomic E-state index is -0.344. The normalized spacial score (nSPS) is 13.0. The van der Waals surface area contributed by atoms with Crippen molar-refractivity contribution in [2.24, 2.45) is 0 Å². The molecular formula is C19H19N3O3. The van der Waals surface area contributed by atoms with Gasteiger partial charge in [0.25, 0.3) is 11.8 Å². The summed E-state index contributed by atoms with van der Waals surface area (Å²) in [6.45, 7) is 0.0635. The minimum absolute atomic E-state index is 0.0564. The van der Waals surface area contributed by atoms with Gasteiger partial charge in [-0.05, 0) is 36.4 Å². The van der Waals surface area contributed by atoms with Crippen LogP contribution in [0, 0.1) is 0 Å². The minimum Gasteiger partial charge on any atom is -0.378 e. The molecule has 0 aliphatic carbocycles. The van der Waals surface area contributed by atoms with E-state index in [1.807, 2.05) is 43.3 Å². The lowest BCUT2D eigenvalue weighted by atomic mass is 10.1. The van der Waals surface area contributed by atoms with Gasteiger partial charge in [0.05, 0.1) is 11.1 Å². The molecule has 0 aromatic heterocycles. The van der Waals surface area contributed by atoms with Crippen molar-refractivity contribution in [2.45, 2.75) is 6.42 Å². The standard InChI is InChI=1S/C19H19N3O3/c1-21(2)14-9-7-13(8-10-14)20-17(23)11-12-22-18(24)15-5-3-4-6-16(15)19(22)25/h3-10H,11-12H2,1-2H3,(H,20,23). The summed E-state index contributed by atoms with van der Waals surface area (Å²) in [6.07, 6.45) is 0.0564. The Morgan fingerprint density at radius 1 is 0.960 bits per heavy atom. The first-order chi connectivity index (χ1) is 12.0. The van der Waals surface area contributed by atoms with Crippen molar-refractivity contribution in [3.8, 4) is 0 Å². The Hall–Kier alpha value is -3.15. The van der Waals surface area contributed by atoms with Gasteiger partial charge in [0.15, 0.2) is 0 Å². The van der Waals surface area contributed by atoms with Crippen LogP contribution in [-0.4, -0.2) is 43.3 Å². The van der Waals surface area contributed by atoms with E-state index in [0.29, 0.717) is 16.8 Å². The van der Waals surface area contributed by atoms with E-state index in [1.165, 1.54) is 0 Å². The van der Waals surface area contributed by atoms with Gasteiger partial charge in [0.2, 0.25) is 5.91 Å². The number of hydrogen-bond acceptors (Lipinski definition) is 4. The molecule has 0 spiro atoms.